The van der Waals surface area contributed by atoms with Crippen molar-refractivity contribution in [3.63, 3.8) is 0 Å². The molecule has 0 saturated heterocycles. The summed E-state index contributed by atoms with van der Waals surface area (Å²) in [5.74, 6) is 0.821. The van der Waals surface area contributed by atoms with Crippen molar-refractivity contribution in [2.75, 3.05) is 0 Å². The number of carbonyl (C=O) groups excluding carboxylic acids is 1. The molecule has 0 atom stereocenters. The summed E-state index contributed by atoms with van der Waals surface area (Å²) in [7, 11) is 0. The number of rotatable bonds is 3. The third-order valence-corrected chi connectivity index (χ3v) is 4.45. The molecule has 0 bridgehead atoms. The van der Waals surface area contributed by atoms with Crippen LogP contribution in [0, 0.1) is 6.92 Å². The summed E-state index contributed by atoms with van der Waals surface area (Å²) >= 11 is 0. The lowest BCUT2D eigenvalue weighted by molar-refractivity contribution is -0.117. The molecule has 0 saturated carbocycles. The quantitative estimate of drug-likeness (QED) is 0.409. The van der Waals surface area contributed by atoms with Crippen molar-refractivity contribution in [3.05, 3.63) is 90.1 Å². The number of benzene rings is 2. The van der Waals surface area contributed by atoms with Crippen molar-refractivity contribution in [1.29, 1.82) is 0 Å². The van der Waals surface area contributed by atoms with Crippen LogP contribution in [-0.4, -0.2) is 21.7 Å². The Labute approximate surface area is 169 Å². The molecule has 4 rings (SSSR count). The molecule has 1 N–H and O–H groups in total. The van der Waals surface area contributed by atoms with E-state index in [1.165, 1.54) is 6.92 Å². The van der Waals surface area contributed by atoms with Gasteiger partial charge in [0.15, 0.2) is 5.82 Å². The molecule has 5 nitrogen and oxygen atoms in total. The van der Waals surface area contributed by atoms with Crippen LogP contribution in [0.15, 0.2) is 84.0 Å². The molecule has 0 aliphatic heterocycles. The second-order valence-corrected chi connectivity index (χ2v) is 6.78. The van der Waals surface area contributed by atoms with E-state index in [1.807, 2.05) is 79.7 Å². The number of amides is 1. The van der Waals surface area contributed by atoms with Crippen molar-refractivity contribution in [3.8, 4) is 11.4 Å². The number of aliphatic imine (C=N–C) groups is 1. The lowest BCUT2D eigenvalue weighted by atomic mass is 10.1. The van der Waals surface area contributed by atoms with Crippen molar-refractivity contribution in [2.24, 2.45) is 4.99 Å². The van der Waals surface area contributed by atoms with Crippen LogP contribution in [0.1, 0.15) is 18.1 Å². The van der Waals surface area contributed by atoms with Crippen LogP contribution in [0.3, 0.4) is 0 Å². The first-order valence-electron chi connectivity index (χ1n) is 9.35. The summed E-state index contributed by atoms with van der Waals surface area (Å²) in [6.07, 6.45) is 1.74. The fourth-order valence-corrected chi connectivity index (χ4v) is 3.14. The number of nitrogens with one attached hydrogen (secondary N) is 1. The number of carbonyl (C=O) groups is 1. The number of hydrogen-bond donors (Lipinski definition) is 1. The minimum absolute atomic E-state index is 0.185. The molecule has 0 aliphatic rings. The van der Waals surface area contributed by atoms with Gasteiger partial charge in [-0.05, 0) is 36.6 Å². The van der Waals surface area contributed by atoms with E-state index in [-0.39, 0.29) is 5.91 Å². The minimum atomic E-state index is -0.185. The molecular weight excluding hydrogens is 360 g/mol. The standard InChI is InChI=1S/C24H20N4O/c1-16-8-7-10-19(14-16)23(26-17(2)29)28-24-20-11-4-3-9-18(20)15-22(27-24)21-12-5-6-13-25-21/h3-15H,1-2H3,(H,26,27,28,29). The van der Waals surface area contributed by atoms with Gasteiger partial charge in [-0.1, -0.05) is 54.1 Å². The molecule has 0 unspecified atom stereocenters. The first-order valence-corrected chi connectivity index (χ1v) is 9.35. The average Bonchev–Trinajstić information content (AvgIpc) is 2.73. The smallest absolute Gasteiger partial charge is 0.222 e. The van der Waals surface area contributed by atoms with E-state index >= 15 is 0 Å². The molecule has 0 aliphatic carbocycles. The molecule has 0 fully saturated rings. The molecule has 0 spiro atoms. The first kappa shape index (κ1) is 18.5. The summed E-state index contributed by atoms with van der Waals surface area (Å²) in [5.41, 5.74) is 3.41. The Bertz CT molecular complexity index is 1220. The maximum absolute atomic E-state index is 11.8. The van der Waals surface area contributed by atoms with Gasteiger partial charge in [-0.25, -0.2) is 9.98 Å². The van der Waals surface area contributed by atoms with Crippen molar-refractivity contribution < 1.29 is 4.79 Å². The van der Waals surface area contributed by atoms with Crippen molar-refractivity contribution >= 4 is 28.3 Å². The van der Waals surface area contributed by atoms with Crippen molar-refractivity contribution in [1.82, 2.24) is 15.3 Å². The predicted molar refractivity (Wildman–Crippen MR) is 116 cm³/mol. The Morgan fingerprint density at radius 1 is 0.931 bits per heavy atom. The van der Waals surface area contributed by atoms with Crippen LogP contribution in [0.2, 0.25) is 0 Å². The third kappa shape index (κ3) is 4.19. The second kappa shape index (κ2) is 8.02. The van der Waals surface area contributed by atoms with E-state index in [0.29, 0.717) is 11.7 Å². The van der Waals surface area contributed by atoms with Crippen molar-refractivity contribution in [2.45, 2.75) is 13.8 Å². The zero-order valence-electron chi connectivity index (χ0n) is 16.3. The Morgan fingerprint density at radius 2 is 1.76 bits per heavy atom. The molecule has 4 aromatic rings. The van der Waals surface area contributed by atoms with Crippen LogP contribution in [-0.2, 0) is 4.79 Å². The van der Waals surface area contributed by atoms with Gasteiger partial charge in [-0.2, -0.15) is 0 Å². The first-order chi connectivity index (χ1) is 14.1. The maximum Gasteiger partial charge on any atom is 0.222 e. The Kier molecular flexibility index (Phi) is 5.12. The van der Waals surface area contributed by atoms with Gasteiger partial charge in [-0.3, -0.25) is 9.78 Å². The average molecular weight is 380 g/mol. The molecule has 2 aromatic carbocycles. The largest absolute Gasteiger partial charge is 0.310 e. The number of aromatic nitrogens is 2. The van der Waals surface area contributed by atoms with E-state index in [4.69, 9.17) is 9.98 Å². The summed E-state index contributed by atoms with van der Waals surface area (Å²) in [6.45, 7) is 3.48. The number of pyridine rings is 2. The molecule has 2 aromatic heterocycles. The summed E-state index contributed by atoms with van der Waals surface area (Å²) < 4.78 is 0. The maximum atomic E-state index is 11.8. The molecule has 142 valence electrons. The summed E-state index contributed by atoms with van der Waals surface area (Å²) in [4.78, 5) is 25.8. The third-order valence-electron chi connectivity index (χ3n) is 4.45. The number of amidine groups is 1. The zero-order valence-corrected chi connectivity index (χ0v) is 16.3. The Hall–Kier alpha value is -3.86. The van der Waals surface area contributed by atoms with Gasteiger partial charge >= 0.3 is 0 Å². The molecule has 29 heavy (non-hydrogen) atoms. The normalized spacial score (nSPS) is 11.4. The topological polar surface area (TPSA) is 67.2 Å². The SMILES string of the molecule is CC(=O)NC(=Nc1nc(-c2ccccn2)cc2ccccc12)c1cccc(C)c1. The van der Waals surface area contributed by atoms with Crippen LogP contribution in [0.4, 0.5) is 5.82 Å². The number of fused-ring (bicyclic) bond motifs is 1. The van der Waals surface area contributed by atoms with E-state index in [2.05, 4.69) is 10.3 Å². The lowest BCUT2D eigenvalue weighted by Gasteiger charge is -2.11. The van der Waals surface area contributed by atoms with Gasteiger partial charge in [0, 0.05) is 24.1 Å². The fraction of sp³-hybridized carbons (Fsp3) is 0.0833. The van der Waals surface area contributed by atoms with E-state index < -0.39 is 0 Å². The van der Waals surface area contributed by atoms with E-state index in [9.17, 15) is 4.79 Å². The molecule has 1 amide bonds. The molecule has 0 radical (unpaired) electrons. The summed E-state index contributed by atoms with van der Waals surface area (Å²) in [5, 5.41) is 4.76. The van der Waals surface area contributed by atoms with Gasteiger partial charge in [0.05, 0.1) is 11.4 Å². The minimum Gasteiger partial charge on any atom is -0.310 e. The van der Waals surface area contributed by atoms with E-state index in [1.54, 1.807) is 6.20 Å². The fourth-order valence-electron chi connectivity index (χ4n) is 3.14. The number of aryl methyl sites for hydroxylation is 1. The highest BCUT2D eigenvalue weighted by Gasteiger charge is 2.11. The highest BCUT2D eigenvalue weighted by Crippen LogP contribution is 2.29. The van der Waals surface area contributed by atoms with Gasteiger partial charge < -0.3 is 5.32 Å². The lowest BCUT2D eigenvalue weighted by Crippen LogP contribution is -2.29. The van der Waals surface area contributed by atoms with Gasteiger partial charge in [0.2, 0.25) is 5.91 Å². The Balaban J connectivity index is 1.93. The molecule has 2 heterocycles. The number of nitrogens with zero attached hydrogens (tertiary/aromatic N) is 3. The predicted octanol–water partition coefficient (Wildman–Crippen LogP) is 4.82. The zero-order chi connectivity index (χ0) is 20.2. The van der Waals surface area contributed by atoms with Crippen LogP contribution in [0.5, 0.6) is 0 Å². The van der Waals surface area contributed by atoms with Gasteiger partial charge in [-0.15, -0.1) is 0 Å². The summed E-state index contributed by atoms with van der Waals surface area (Å²) in [6, 6.07) is 23.5. The number of hydrogen-bond acceptors (Lipinski definition) is 4. The van der Waals surface area contributed by atoms with Crippen LogP contribution < -0.4 is 5.32 Å². The van der Waals surface area contributed by atoms with Crippen LogP contribution >= 0.6 is 0 Å². The van der Waals surface area contributed by atoms with Gasteiger partial charge in [0.1, 0.15) is 5.84 Å². The van der Waals surface area contributed by atoms with Crippen LogP contribution in [0.25, 0.3) is 22.2 Å². The highest BCUT2D eigenvalue weighted by molar-refractivity contribution is 6.09. The van der Waals surface area contributed by atoms with Gasteiger partial charge in [0.25, 0.3) is 0 Å². The van der Waals surface area contributed by atoms with E-state index in [0.717, 1.165) is 33.3 Å². The molecular formula is C24H20N4O. The highest BCUT2D eigenvalue weighted by atomic mass is 16.1. The molecule has 5 heteroatoms. The Morgan fingerprint density at radius 3 is 2.52 bits per heavy atom. The monoisotopic (exact) mass is 380 g/mol. The second-order valence-electron chi connectivity index (χ2n) is 6.78.